The molecule has 0 spiro atoms. The van der Waals surface area contributed by atoms with Gasteiger partial charge in [0.25, 0.3) is 5.91 Å². The van der Waals surface area contributed by atoms with Gasteiger partial charge in [0.1, 0.15) is 0 Å². The van der Waals surface area contributed by atoms with Crippen LogP contribution in [0.4, 0.5) is 0 Å². The molecule has 23 heavy (non-hydrogen) atoms. The zero-order valence-corrected chi connectivity index (χ0v) is 14.4. The predicted molar refractivity (Wildman–Crippen MR) is 92.0 cm³/mol. The Morgan fingerprint density at radius 2 is 1.83 bits per heavy atom. The van der Waals surface area contributed by atoms with E-state index < -0.39 is 0 Å². The average molecular weight is 354 g/mol. The fourth-order valence-corrected chi connectivity index (χ4v) is 2.55. The summed E-state index contributed by atoms with van der Waals surface area (Å²) in [5.74, 6) is 0.900. The zero-order chi connectivity index (χ0) is 16.8. The summed E-state index contributed by atoms with van der Waals surface area (Å²) in [5, 5.41) is 3.88. The quantitative estimate of drug-likeness (QED) is 0.854. The van der Waals surface area contributed by atoms with Crippen molar-refractivity contribution in [2.24, 2.45) is 0 Å². The van der Waals surface area contributed by atoms with Gasteiger partial charge in [-0.3, -0.25) is 4.79 Å². The van der Waals surface area contributed by atoms with Crippen molar-refractivity contribution >= 4 is 29.1 Å². The summed E-state index contributed by atoms with van der Waals surface area (Å²) in [6.07, 6.45) is 0.596. The van der Waals surface area contributed by atoms with E-state index in [9.17, 15) is 4.79 Å². The number of methoxy groups -OCH3 is 2. The van der Waals surface area contributed by atoms with Crippen LogP contribution in [0, 0.1) is 0 Å². The molecule has 2 rings (SSSR count). The molecular weight excluding hydrogens is 337 g/mol. The molecule has 2 aromatic rings. The zero-order valence-electron chi connectivity index (χ0n) is 12.9. The molecule has 0 atom stereocenters. The molecule has 1 N–H and O–H groups in total. The van der Waals surface area contributed by atoms with Crippen LogP contribution >= 0.6 is 23.2 Å². The summed E-state index contributed by atoms with van der Waals surface area (Å²) in [5.41, 5.74) is 1.40. The van der Waals surface area contributed by atoms with Gasteiger partial charge in [-0.25, -0.2) is 0 Å². The maximum atomic E-state index is 12.2. The summed E-state index contributed by atoms with van der Waals surface area (Å²) < 4.78 is 10.3. The van der Waals surface area contributed by atoms with Crippen molar-refractivity contribution in [1.29, 1.82) is 0 Å². The van der Waals surface area contributed by atoms with E-state index in [1.54, 1.807) is 31.4 Å². The molecule has 1 amide bonds. The highest BCUT2D eigenvalue weighted by molar-refractivity contribution is 6.42. The second kappa shape index (κ2) is 8.09. The Bertz CT molecular complexity index is 704. The van der Waals surface area contributed by atoms with Crippen LogP contribution in [-0.2, 0) is 6.42 Å². The van der Waals surface area contributed by atoms with Crippen molar-refractivity contribution in [3.8, 4) is 11.5 Å². The van der Waals surface area contributed by atoms with Crippen LogP contribution in [0.1, 0.15) is 15.9 Å². The van der Waals surface area contributed by atoms with Gasteiger partial charge in [0.2, 0.25) is 0 Å². The molecule has 0 aliphatic carbocycles. The highest BCUT2D eigenvalue weighted by atomic mass is 35.5. The van der Waals surface area contributed by atoms with Gasteiger partial charge < -0.3 is 14.8 Å². The second-order valence-electron chi connectivity index (χ2n) is 4.79. The highest BCUT2D eigenvalue weighted by Gasteiger charge is 2.11. The van der Waals surface area contributed by atoms with Crippen LogP contribution in [0.15, 0.2) is 36.4 Å². The topological polar surface area (TPSA) is 47.6 Å². The van der Waals surface area contributed by atoms with Crippen LogP contribution in [0.5, 0.6) is 11.5 Å². The number of ether oxygens (including phenoxy) is 2. The third-order valence-corrected chi connectivity index (χ3v) is 4.22. The lowest BCUT2D eigenvalue weighted by molar-refractivity contribution is 0.0953. The Morgan fingerprint density at radius 1 is 1.09 bits per heavy atom. The Morgan fingerprint density at radius 3 is 2.52 bits per heavy atom. The standard InChI is InChI=1S/C17H17Cl2NO3/c1-22-14-7-6-12(10-15(14)23-2)17(21)20-9-8-11-4-3-5-13(18)16(11)19/h3-7,10H,8-9H2,1-2H3,(H,20,21). The fourth-order valence-electron chi connectivity index (χ4n) is 2.13. The van der Waals surface area contributed by atoms with Gasteiger partial charge in [0, 0.05) is 12.1 Å². The summed E-state index contributed by atoms with van der Waals surface area (Å²) in [4.78, 5) is 12.2. The average Bonchev–Trinajstić information content (AvgIpc) is 2.57. The summed E-state index contributed by atoms with van der Waals surface area (Å²) in [7, 11) is 3.08. The lowest BCUT2D eigenvalue weighted by atomic mass is 10.1. The summed E-state index contributed by atoms with van der Waals surface area (Å²) in [6.45, 7) is 0.452. The molecule has 0 saturated carbocycles. The Kier molecular flexibility index (Phi) is 6.13. The minimum Gasteiger partial charge on any atom is -0.493 e. The molecule has 0 aliphatic heterocycles. The predicted octanol–water partition coefficient (Wildman–Crippen LogP) is 3.98. The molecule has 2 aromatic carbocycles. The van der Waals surface area contributed by atoms with Crippen molar-refractivity contribution in [1.82, 2.24) is 5.32 Å². The lowest BCUT2D eigenvalue weighted by Gasteiger charge is -2.10. The monoisotopic (exact) mass is 353 g/mol. The number of rotatable bonds is 6. The first-order valence-electron chi connectivity index (χ1n) is 7.00. The lowest BCUT2D eigenvalue weighted by Crippen LogP contribution is -2.25. The molecule has 0 unspecified atom stereocenters. The molecule has 0 radical (unpaired) electrons. The van der Waals surface area contributed by atoms with Crippen molar-refractivity contribution in [2.45, 2.75) is 6.42 Å². The largest absolute Gasteiger partial charge is 0.493 e. The number of hydrogen-bond donors (Lipinski definition) is 1. The van der Waals surface area contributed by atoms with E-state index in [1.165, 1.54) is 7.11 Å². The minimum atomic E-state index is -0.191. The normalized spacial score (nSPS) is 10.3. The van der Waals surface area contributed by atoms with Crippen LogP contribution in [0.25, 0.3) is 0 Å². The van der Waals surface area contributed by atoms with E-state index in [-0.39, 0.29) is 5.91 Å². The van der Waals surface area contributed by atoms with E-state index >= 15 is 0 Å². The molecule has 0 bridgehead atoms. The van der Waals surface area contributed by atoms with Crippen molar-refractivity contribution < 1.29 is 14.3 Å². The molecule has 6 heteroatoms. The Hall–Kier alpha value is -1.91. The number of benzene rings is 2. The first kappa shape index (κ1) is 17.4. The van der Waals surface area contributed by atoms with E-state index in [2.05, 4.69) is 5.32 Å². The molecule has 0 saturated heterocycles. The number of carbonyl (C=O) groups excluding carboxylic acids is 1. The van der Waals surface area contributed by atoms with Crippen LogP contribution in [-0.4, -0.2) is 26.7 Å². The van der Waals surface area contributed by atoms with E-state index in [0.717, 1.165) is 5.56 Å². The van der Waals surface area contributed by atoms with Gasteiger partial charge in [-0.05, 0) is 36.2 Å². The number of amides is 1. The van der Waals surface area contributed by atoms with E-state index in [1.807, 2.05) is 12.1 Å². The van der Waals surface area contributed by atoms with Crippen LogP contribution in [0.3, 0.4) is 0 Å². The number of hydrogen-bond acceptors (Lipinski definition) is 3. The molecule has 0 heterocycles. The number of halogens is 2. The highest BCUT2D eigenvalue weighted by Crippen LogP contribution is 2.28. The van der Waals surface area contributed by atoms with E-state index in [0.29, 0.717) is 40.1 Å². The molecule has 122 valence electrons. The van der Waals surface area contributed by atoms with Crippen LogP contribution < -0.4 is 14.8 Å². The molecule has 0 aromatic heterocycles. The maximum Gasteiger partial charge on any atom is 0.251 e. The van der Waals surface area contributed by atoms with Crippen LogP contribution in [0.2, 0.25) is 10.0 Å². The third kappa shape index (κ3) is 4.30. The summed E-state index contributed by atoms with van der Waals surface area (Å²) >= 11 is 12.1. The van der Waals surface area contributed by atoms with Gasteiger partial charge in [0.15, 0.2) is 11.5 Å². The fraction of sp³-hybridized carbons (Fsp3) is 0.235. The van der Waals surface area contributed by atoms with Gasteiger partial charge in [0.05, 0.1) is 24.3 Å². The first-order chi connectivity index (χ1) is 11.1. The Balaban J connectivity index is 1.98. The molecule has 4 nitrogen and oxygen atoms in total. The molecular formula is C17H17Cl2NO3. The summed E-state index contributed by atoms with van der Waals surface area (Å²) in [6, 6.07) is 10.5. The number of nitrogens with one attached hydrogen (secondary N) is 1. The second-order valence-corrected chi connectivity index (χ2v) is 5.57. The van der Waals surface area contributed by atoms with Crippen molar-refractivity contribution in [3.63, 3.8) is 0 Å². The van der Waals surface area contributed by atoms with Crippen molar-refractivity contribution in [3.05, 3.63) is 57.6 Å². The maximum absolute atomic E-state index is 12.2. The van der Waals surface area contributed by atoms with Gasteiger partial charge in [-0.2, -0.15) is 0 Å². The van der Waals surface area contributed by atoms with Gasteiger partial charge in [-0.15, -0.1) is 0 Å². The smallest absolute Gasteiger partial charge is 0.251 e. The SMILES string of the molecule is COc1ccc(C(=O)NCCc2cccc(Cl)c2Cl)cc1OC. The molecule has 0 fully saturated rings. The third-order valence-electron chi connectivity index (χ3n) is 3.36. The number of carbonyl (C=O) groups is 1. The van der Waals surface area contributed by atoms with Gasteiger partial charge >= 0.3 is 0 Å². The minimum absolute atomic E-state index is 0.191. The molecule has 0 aliphatic rings. The Labute approximate surface area is 145 Å². The van der Waals surface area contributed by atoms with Gasteiger partial charge in [-0.1, -0.05) is 35.3 Å². The van der Waals surface area contributed by atoms with Crippen molar-refractivity contribution in [2.75, 3.05) is 20.8 Å². The first-order valence-corrected chi connectivity index (χ1v) is 7.75. The van der Waals surface area contributed by atoms with E-state index in [4.69, 9.17) is 32.7 Å².